The van der Waals surface area contributed by atoms with Crippen LogP contribution in [0.1, 0.15) is 34.3 Å². The smallest absolute Gasteiger partial charge is 0.214 e. The molecule has 0 fully saturated rings. The van der Waals surface area contributed by atoms with Gasteiger partial charge in [-0.3, -0.25) is 9.67 Å². The van der Waals surface area contributed by atoms with Gasteiger partial charge in [0.2, 0.25) is 5.89 Å². The number of nitrogens with zero attached hydrogens (tertiary/aromatic N) is 4. The lowest BCUT2D eigenvalue weighted by Crippen LogP contribution is -2.36. The minimum absolute atomic E-state index is 0.486. The third-order valence-electron chi connectivity index (χ3n) is 4.17. The summed E-state index contributed by atoms with van der Waals surface area (Å²) in [5.74, 6) is 2.18. The summed E-state index contributed by atoms with van der Waals surface area (Å²) in [6.07, 6.45) is 0. The summed E-state index contributed by atoms with van der Waals surface area (Å²) in [6.45, 7) is 10.5. The van der Waals surface area contributed by atoms with Gasteiger partial charge in [0.1, 0.15) is 5.76 Å². The first kappa shape index (κ1) is 19.0. The molecule has 8 heteroatoms. The summed E-state index contributed by atoms with van der Waals surface area (Å²) in [5, 5.41) is 11.1. The highest BCUT2D eigenvalue weighted by molar-refractivity contribution is 5.79. The molecule has 0 amide bonds. The van der Waals surface area contributed by atoms with E-state index >= 15 is 0 Å². The van der Waals surface area contributed by atoms with E-state index in [1.807, 2.05) is 25.5 Å². The van der Waals surface area contributed by atoms with Crippen LogP contribution in [0.3, 0.4) is 0 Å². The maximum atomic E-state index is 5.57. The van der Waals surface area contributed by atoms with Gasteiger partial charge in [0.25, 0.3) is 0 Å². The van der Waals surface area contributed by atoms with Gasteiger partial charge in [-0.2, -0.15) is 5.10 Å². The molecule has 0 saturated carbocycles. The van der Waals surface area contributed by atoms with Gasteiger partial charge >= 0.3 is 0 Å². The van der Waals surface area contributed by atoms with Crippen LogP contribution in [0.2, 0.25) is 0 Å². The molecule has 138 valence electrons. The van der Waals surface area contributed by atoms with Crippen molar-refractivity contribution in [2.45, 2.75) is 47.3 Å². The molecule has 2 aromatic rings. The van der Waals surface area contributed by atoms with Crippen LogP contribution < -0.4 is 10.6 Å². The Hall–Kier alpha value is -2.35. The average molecular weight is 348 g/mol. The number of aryl methyl sites for hydroxylation is 3. The zero-order chi connectivity index (χ0) is 18.4. The molecule has 0 spiro atoms. The fraction of sp³-hybridized carbons (Fsp3) is 0.588. The molecule has 0 unspecified atom stereocenters. The Balaban J connectivity index is 1.93. The van der Waals surface area contributed by atoms with Gasteiger partial charge in [-0.1, -0.05) is 0 Å². The van der Waals surface area contributed by atoms with Gasteiger partial charge in [-0.15, -0.1) is 0 Å². The zero-order valence-electron chi connectivity index (χ0n) is 15.9. The second kappa shape index (κ2) is 8.66. The predicted octanol–water partition coefficient (Wildman–Crippen LogP) is 1.62. The molecule has 0 aliphatic carbocycles. The maximum absolute atomic E-state index is 5.57. The molecule has 0 aromatic carbocycles. The van der Waals surface area contributed by atoms with Gasteiger partial charge in [0.05, 0.1) is 31.1 Å². The largest absolute Gasteiger partial charge is 0.444 e. The predicted molar refractivity (Wildman–Crippen MR) is 96.6 cm³/mol. The van der Waals surface area contributed by atoms with E-state index in [9.17, 15) is 0 Å². The van der Waals surface area contributed by atoms with E-state index in [1.54, 1.807) is 14.2 Å². The van der Waals surface area contributed by atoms with Crippen molar-refractivity contribution >= 4 is 5.96 Å². The highest BCUT2D eigenvalue weighted by Crippen LogP contribution is 2.12. The number of hydrogen-bond donors (Lipinski definition) is 2. The van der Waals surface area contributed by atoms with Crippen LogP contribution in [0, 0.1) is 27.7 Å². The number of rotatable bonds is 7. The molecule has 0 radical (unpaired) electrons. The van der Waals surface area contributed by atoms with E-state index in [1.165, 1.54) is 5.56 Å². The van der Waals surface area contributed by atoms with Crippen LogP contribution in [0.4, 0.5) is 0 Å². The second-order valence-electron chi connectivity index (χ2n) is 5.89. The van der Waals surface area contributed by atoms with E-state index < -0.39 is 0 Å². The Labute approximate surface area is 148 Å². The minimum atomic E-state index is 0.486. The van der Waals surface area contributed by atoms with E-state index in [2.05, 4.69) is 32.6 Å². The number of nitrogens with one attached hydrogen (secondary N) is 2. The average Bonchev–Trinajstić information content (AvgIpc) is 3.05. The molecule has 2 rings (SSSR count). The Morgan fingerprint density at radius 3 is 2.48 bits per heavy atom. The Morgan fingerprint density at radius 1 is 1.16 bits per heavy atom. The van der Waals surface area contributed by atoms with E-state index in [0.717, 1.165) is 29.4 Å². The summed E-state index contributed by atoms with van der Waals surface area (Å²) < 4.78 is 12.7. The van der Waals surface area contributed by atoms with Crippen molar-refractivity contribution in [3.8, 4) is 0 Å². The molecule has 0 aliphatic rings. The topological polar surface area (TPSA) is 89.5 Å². The molecule has 0 bridgehead atoms. The first-order chi connectivity index (χ1) is 12.0. The van der Waals surface area contributed by atoms with Crippen molar-refractivity contribution in [3.05, 3.63) is 34.3 Å². The SMILES string of the molecule is CN=C(NCc1nc(C)c(C)o1)NCc1c(C)nn(CCOC)c1C. The van der Waals surface area contributed by atoms with Crippen molar-refractivity contribution < 1.29 is 9.15 Å². The quantitative estimate of drug-likeness (QED) is 0.584. The molecular weight excluding hydrogens is 320 g/mol. The number of aromatic nitrogens is 3. The Morgan fingerprint density at radius 2 is 1.88 bits per heavy atom. The van der Waals surface area contributed by atoms with Crippen molar-refractivity contribution in [2.75, 3.05) is 20.8 Å². The van der Waals surface area contributed by atoms with Gasteiger partial charge in [0, 0.05) is 32.0 Å². The molecule has 8 nitrogen and oxygen atoms in total. The van der Waals surface area contributed by atoms with Crippen molar-refractivity contribution in [3.63, 3.8) is 0 Å². The van der Waals surface area contributed by atoms with Gasteiger partial charge in [-0.05, 0) is 27.7 Å². The lowest BCUT2D eigenvalue weighted by atomic mass is 10.2. The Kier molecular flexibility index (Phi) is 6.58. The zero-order valence-corrected chi connectivity index (χ0v) is 15.9. The first-order valence-corrected chi connectivity index (χ1v) is 8.35. The van der Waals surface area contributed by atoms with E-state index in [4.69, 9.17) is 9.15 Å². The molecule has 25 heavy (non-hydrogen) atoms. The number of methoxy groups -OCH3 is 1. The summed E-state index contributed by atoms with van der Waals surface area (Å²) in [6, 6.07) is 0. The molecule has 0 aliphatic heterocycles. The molecule has 0 atom stereocenters. The van der Waals surface area contributed by atoms with Crippen molar-refractivity contribution in [1.82, 2.24) is 25.4 Å². The summed E-state index contributed by atoms with van der Waals surface area (Å²) in [7, 11) is 3.43. The monoisotopic (exact) mass is 348 g/mol. The molecule has 2 N–H and O–H groups in total. The Bertz CT molecular complexity index is 712. The lowest BCUT2D eigenvalue weighted by Gasteiger charge is -2.11. The molecular formula is C17H28N6O2. The molecule has 0 saturated heterocycles. The van der Waals surface area contributed by atoms with Gasteiger partial charge < -0.3 is 19.8 Å². The highest BCUT2D eigenvalue weighted by Gasteiger charge is 2.12. The summed E-state index contributed by atoms with van der Waals surface area (Å²) in [5.41, 5.74) is 4.23. The van der Waals surface area contributed by atoms with Crippen LogP contribution in [-0.4, -0.2) is 41.5 Å². The number of hydrogen-bond acceptors (Lipinski definition) is 5. The number of guanidine groups is 1. The van der Waals surface area contributed by atoms with Gasteiger partial charge in [-0.25, -0.2) is 4.98 Å². The van der Waals surface area contributed by atoms with E-state index in [0.29, 0.717) is 31.5 Å². The lowest BCUT2D eigenvalue weighted by molar-refractivity contribution is 0.182. The van der Waals surface area contributed by atoms with Crippen molar-refractivity contribution in [1.29, 1.82) is 0 Å². The maximum Gasteiger partial charge on any atom is 0.214 e. The standard InChI is InChI=1S/C17H28N6O2/c1-11-14(4)25-16(21-11)10-20-17(18-5)19-9-15-12(2)22-23(13(15)3)7-8-24-6/h7-10H2,1-6H3,(H2,18,19,20). The normalized spacial score (nSPS) is 11.8. The fourth-order valence-electron chi connectivity index (χ4n) is 2.55. The van der Waals surface area contributed by atoms with Crippen LogP contribution in [0.15, 0.2) is 9.41 Å². The third-order valence-corrected chi connectivity index (χ3v) is 4.17. The highest BCUT2D eigenvalue weighted by atomic mass is 16.5. The molecule has 2 aromatic heterocycles. The van der Waals surface area contributed by atoms with Crippen molar-refractivity contribution in [2.24, 2.45) is 4.99 Å². The second-order valence-corrected chi connectivity index (χ2v) is 5.89. The number of aliphatic imine (C=N–C) groups is 1. The number of oxazole rings is 1. The van der Waals surface area contributed by atoms with Crippen LogP contribution in [0.5, 0.6) is 0 Å². The number of ether oxygens (including phenoxy) is 1. The third kappa shape index (κ3) is 4.82. The van der Waals surface area contributed by atoms with E-state index in [-0.39, 0.29) is 0 Å². The summed E-state index contributed by atoms with van der Waals surface area (Å²) in [4.78, 5) is 8.60. The van der Waals surface area contributed by atoms with Crippen LogP contribution in [-0.2, 0) is 24.4 Å². The van der Waals surface area contributed by atoms with Crippen LogP contribution >= 0.6 is 0 Å². The summed E-state index contributed by atoms with van der Waals surface area (Å²) >= 11 is 0. The fourth-order valence-corrected chi connectivity index (χ4v) is 2.55. The minimum Gasteiger partial charge on any atom is -0.444 e. The van der Waals surface area contributed by atoms with Crippen LogP contribution in [0.25, 0.3) is 0 Å². The van der Waals surface area contributed by atoms with Gasteiger partial charge in [0.15, 0.2) is 5.96 Å². The molecule has 2 heterocycles. The first-order valence-electron chi connectivity index (χ1n) is 8.35.